The standard InChI is InChI=1S/C26H23N3O3/c1-3-24(31)29-10-11-32-23-9-5-15(12-21(23)29)19-13-18-16(14-27-19)4-6-17-25-20(7-8-22(25)30)28(2)26(17)18/h3,5,9,12-14H,1,4,6-8,10-11H2,2H3. The summed E-state index contributed by atoms with van der Waals surface area (Å²) in [5, 5.41) is 0. The van der Waals surface area contributed by atoms with Crippen LogP contribution in [0.4, 0.5) is 5.69 Å². The average molecular weight is 425 g/mol. The van der Waals surface area contributed by atoms with Crippen LogP contribution in [0.1, 0.15) is 33.6 Å². The molecule has 1 aliphatic heterocycles. The largest absolute Gasteiger partial charge is 0.490 e. The van der Waals surface area contributed by atoms with Crippen molar-refractivity contribution in [2.75, 3.05) is 18.1 Å². The number of aryl methyl sites for hydroxylation is 1. The van der Waals surface area contributed by atoms with Crippen LogP contribution in [-0.2, 0) is 31.1 Å². The Hall–Kier alpha value is -3.67. The lowest BCUT2D eigenvalue weighted by atomic mass is 9.88. The zero-order valence-corrected chi connectivity index (χ0v) is 18.0. The van der Waals surface area contributed by atoms with Crippen molar-refractivity contribution in [3.8, 4) is 28.3 Å². The minimum atomic E-state index is -0.141. The minimum absolute atomic E-state index is 0.141. The highest BCUT2D eigenvalue weighted by atomic mass is 16.5. The maximum atomic E-state index is 12.5. The van der Waals surface area contributed by atoms with Crippen LogP contribution in [0.25, 0.3) is 22.5 Å². The lowest BCUT2D eigenvalue weighted by Crippen LogP contribution is -2.36. The fraction of sp³-hybridized carbons (Fsp3) is 0.269. The first-order chi connectivity index (χ1) is 15.6. The van der Waals surface area contributed by atoms with E-state index >= 15 is 0 Å². The van der Waals surface area contributed by atoms with Gasteiger partial charge >= 0.3 is 0 Å². The van der Waals surface area contributed by atoms with E-state index in [4.69, 9.17) is 9.72 Å². The van der Waals surface area contributed by atoms with Gasteiger partial charge in [-0.2, -0.15) is 0 Å². The molecule has 0 saturated heterocycles. The van der Waals surface area contributed by atoms with Crippen molar-refractivity contribution in [1.29, 1.82) is 0 Å². The Morgan fingerprint density at radius 3 is 2.91 bits per heavy atom. The van der Waals surface area contributed by atoms with Gasteiger partial charge in [-0.3, -0.25) is 14.6 Å². The number of nitrogens with zero attached hydrogens (tertiary/aromatic N) is 3. The van der Waals surface area contributed by atoms with Crippen LogP contribution in [0.2, 0.25) is 0 Å². The Labute approximate surface area is 186 Å². The molecule has 2 aromatic heterocycles. The number of benzene rings is 1. The van der Waals surface area contributed by atoms with Gasteiger partial charge in [0.15, 0.2) is 5.78 Å². The van der Waals surface area contributed by atoms with E-state index in [-0.39, 0.29) is 11.7 Å². The van der Waals surface area contributed by atoms with E-state index in [1.54, 1.807) is 4.90 Å². The zero-order chi connectivity index (χ0) is 22.0. The van der Waals surface area contributed by atoms with Gasteiger partial charge < -0.3 is 14.2 Å². The van der Waals surface area contributed by atoms with Crippen LogP contribution in [0.5, 0.6) is 5.75 Å². The third kappa shape index (κ3) is 2.62. The molecule has 0 fully saturated rings. The summed E-state index contributed by atoms with van der Waals surface area (Å²) >= 11 is 0. The lowest BCUT2D eigenvalue weighted by molar-refractivity contribution is -0.114. The summed E-state index contributed by atoms with van der Waals surface area (Å²) in [4.78, 5) is 31.3. The zero-order valence-electron chi connectivity index (χ0n) is 18.0. The molecule has 32 heavy (non-hydrogen) atoms. The Kier molecular flexibility index (Phi) is 4.12. The van der Waals surface area contributed by atoms with Crippen molar-refractivity contribution in [2.24, 2.45) is 7.05 Å². The van der Waals surface area contributed by atoms with Gasteiger partial charge in [0.2, 0.25) is 0 Å². The highest BCUT2D eigenvalue weighted by molar-refractivity contribution is 6.04. The highest BCUT2D eigenvalue weighted by Crippen LogP contribution is 2.43. The average Bonchev–Trinajstić information content (AvgIpc) is 3.35. The lowest BCUT2D eigenvalue weighted by Gasteiger charge is -2.29. The van der Waals surface area contributed by atoms with Crippen LogP contribution in [-0.4, -0.2) is 34.4 Å². The van der Waals surface area contributed by atoms with Crippen molar-refractivity contribution in [3.63, 3.8) is 0 Å². The maximum absolute atomic E-state index is 12.5. The Morgan fingerprint density at radius 1 is 1.19 bits per heavy atom. The molecule has 6 heteroatoms. The van der Waals surface area contributed by atoms with E-state index in [1.165, 1.54) is 17.2 Å². The Balaban J connectivity index is 1.47. The van der Waals surface area contributed by atoms with Gasteiger partial charge in [0.05, 0.1) is 23.6 Å². The molecular formula is C26H23N3O3. The molecular weight excluding hydrogens is 402 g/mol. The molecule has 1 aromatic carbocycles. The number of ether oxygens (including phenoxy) is 1. The molecule has 2 aliphatic carbocycles. The fourth-order valence-electron chi connectivity index (χ4n) is 5.40. The number of carbonyl (C=O) groups is 2. The first kappa shape index (κ1) is 19.0. The second-order valence-corrected chi connectivity index (χ2v) is 8.58. The first-order valence-corrected chi connectivity index (χ1v) is 11.0. The summed E-state index contributed by atoms with van der Waals surface area (Å²) in [6.45, 7) is 4.57. The van der Waals surface area contributed by atoms with Crippen LogP contribution in [0.3, 0.4) is 0 Å². The van der Waals surface area contributed by atoms with Gasteiger partial charge in [-0.15, -0.1) is 0 Å². The summed E-state index contributed by atoms with van der Waals surface area (Å²) in [7, 11) is 2.07. The molecule has 6 nitrogen and oxygen atoms in total. The van der Waals surface area contributed by atoms with Crippen molar-refractivity contribution in [1.82, 2.24) is 9.55 Å². The number of fused-ring (bicyclic) bond motifs is 6. The van der Waals surface area contributed by atoms with Crippen molar-refractivity contribution in [3.05, 3.63) is 65.5 Å². The van der Waals surface area contributed by atoms with Gasteiger partial charge in [-0.05, 0) is 60.7 Å². The van der Waals surface area contributed by atoms with Crippen LogP contribution in [0, 0.1) is 0 Å². The van der Waals surface area contributed by atoms with E-state index in [0.29, 0.717) is 25.3 Å². The molecule has 0 spiro atoms. The summed E-state index contributed by atoms with van der Waals surface area (Å²) in [5.74, 6) is 0.821. The van der Waals surface area contributed by atoms with Gasteiger partial charge in [-0.25, -0.2) is 0 Å². The number of Topliss-reactive ketones (excluding diaryl/α,β-unsaturated/α-hetero) is 1. The minimum Gasteiger partial charge on any atom is -0.490 e. The maximum Gasteiger partial charge on any atom is 0.250 e. The molecule has 3 heterocycles. The van der Waals surface area contributed by atoms with Crippen LogP contribution in [0.15, 0.2) is 43.1 Å². The normalized spacial score (nSPS) is 16.0. The Bertz CT molecular complexity index is 1330. The quantitative estimate of drug-likeness (QED) is 0.585. The fourth-order valence-corrected chi connectivity index (χ4v) is 5.40. The predicted octanol–water partition coefficient (Wildman–Crippen LogP) is 3.89. The number of pyridine rings is 1. The molecule has 160 valence electrons. The second kappa shape index (κ2) is 6.92. The number of anilines is 1. The SMILES string of the molecule is C=CC(=O)N1CCOc2ccc(-c3cc4c(cn3)CCc3c5c(n(C)c3-4)CCC5=O)cc21. The molecule has 3 aliphatic rings. The second-order valence-electron chi connectivity index (χ2n) is 8.58. The van der Waals surface area contributed by atoms with Gasteiger partial charge in [0.25, 0.3) is 5.91 Å². The monoisotopic (exact) mass is 425 g/mol. The molecule has 0 N–H and O–H groups in total. The van der Waals surface area contributed by atoms with Gasteiger partial charge in [0.1, 0.15) is 12.4 Å². The topological polar surface area (TPSA) is 64.4 Å². The molecule has 6 rings (SSSR count). The number of aromatic nitrogens is 2. The molecule has 3 aromatic rings. The molecule has 0 atom stereocenters. The van der Waals surface area contributed by atoms with Crippen molar-refractivity contribution < 1.29 is 14.3 Å². The Morgan fingerprint density at radius 2 is 2.06 bits per heavy atom. The number of hydrogen-bond acceptors (Lipinski definition) is 4. The number of amides is 1. The number of hydrogen-bond donors (Lipinski definition) is 0. The van der Waals surface area contributed by atoms with Crippen molar-refractivity contribution in [2.45, 2.75) is 25.7 Å². The summed E-state index contributed by atoms with van der Waals surface area (Å²) in [6, 6.07) is 7.96. The highest BCUT2D eigenvalue weighted by Gasteiger charge is 2.33. The molecule has 0 bridgehead atoms. The van der Waals surface area contributed by atoms with E-state index in [2.05, 4.69) is 24.3 Å². The van der Waals surface area contributed by atoms with Crippen LogP contribution >= 0.6 is 0 Å². The summed E-state index contributed by atoms with van der Waals surface area (Å²) < 4.78 is 7.96. The van der Waals surface area contributed by atoms with E-state index < -0.39 is 0 Å². The van der Waals surface area contributed by atoms with Crippen LogP contribution < -0.4 is 9.64 Å². The molecule has 0 unspecified atom stereocenters. The third-order valence-electron chi connectivity index (χ3n) is 6.93. The number of rotatable bonds is 2. The summed E-state index contributed by atoms with van der Waals surface area (Å²) in [6.07, 6.45) is 6.50. The van der Waals surface area contributed by atoms with Gasteiger partial charge in [-0.1, -0.05) is 6.58 Å². The van der Waals surface area contributed by atoms with Gasteiger partial charge in [0, 0.05) is 42.0 Å². The van der Waals surface area contributed by atoms with E-state index in [9.17, 15) is 9.59 Å². The first-order valence-electron chi connectivity index (χ1n) is 11.0. The summed E-state index contributed by atoms with van der Waals surface area (Å²) in [5.41, 5.74) is 9.31. The molecule has 0 saturated carbocycles. The smallest absolute Gasteiger partial charge is 0.250 e. The van der Waals surface area contributed by atoms with E-state index in [1.807, 2.05) is 24.4 Å². The third-order valence-corrected chi connectivity index (χ3v) is 6.93. The number of ketones is 1. The van der Waals surface area contributed by atoms with Crippen molar-refractivity contribution >= 4 is 17.4 Å². The number of carbonyl (C=O) groups excluding carboxylic acids is 2. The molecule has 1 amide bonds. The molecule has 0 radical (unpaired) electrons. The van der Waals surface area contributed by atoms with E-state index in [0.717, 1.165) is 58.7 Å². The predicted molar refractivity (Wildman–Crippen MR) is 122 cm³/mol.